The number of rotatable bonds is 5. The van der Waals surface area contributed by atoms with Gasteiger partial charge in [0.2, 0.25) is 0 Å². The van der Waals surface area contributed by atoms with Crippen LogP contribution in [0.5, 0.6) is 0 Å². The van der Waals surface area contributed by atoms with Crippen molar-refractivity contribution in [3.8, 4) is 0 Å². The van der Waals surface area contributed by atoms with Gasteiger partial charge in [0.15, 0.2) is 15.4 Å². The maximum Gasteiger partial charge on any atom is 0.273 e. The van der Waals surface area contributed by atoms with E-state index >= 15 is 0 Å². The van der Waals surface area contributed by atoms with Crippen molar-refractivity contribution in [3.63, 3.8) is 0 Å². The molecule has 0 bridgehead atoms. The number of allylic oxidation sites excluding steroid dienone is 1. The van der Waals surface area contributed by atoms with Gasteiger partial charge in [0.05, 0.1) is 6.54 Å². The van der Waals surface area contributed by atoms with Gasteiger partial charge in [-0.2, -0.15) is 0 Å². The Morgan fingerprint density at radius 1 is 1.35 bits per heavy atom. The number of Topliss-reactive ketones (excluding diaryl/α,β-unsaturated/α-hetero) is 1. The summed E-state index contributed by atoms with van der Waals surface area (Å²) in [7, 11) is 0. The first-order valence-corrected chi connectivity index (χ1v) is 9.65. The largest absolute Gasteiger partial charge is 0.304 e. The molecule has 0 saturated heterocycles. The van der Waals surface area contributed by atoms with Crippen LogP contribution >= 0.6 is 23.6 Å². The standard InChI is InChI=1S/C19H17N3O2S2/c1-2-8-22-17-16(26-19(22)25)18(24)21(11-20-17)10-15(23)14-7-6-12-4-3-5-13(12)9-14/h2,6-7,9,11H,1,3-5,8,10H2. The highest BCUT2D eigenvalue weighted by atomic mass is 32.1. The number of thiazole rings is 1. The number of carbonyl (C=O) groups is 1. The average molecular weight is 383 g/mol. The third-order valence-corrected chi connectivity index (χ3v) is 6.12. The van der Waals surface area contributed by atoms with E-state index in [4.69, 9.17) is 12.2 Å². The van der Waals surface area contributed by atoms with Gasteiger partial charge in [-0.05, 0) is 48.7 Å². The fraction of sp³-hybridized carbons (Fsp3) is 0.263. The molecule has 4 rings (SSSR count). The molecule has 0 spiro atoms. The summed E-state index contributed by atoms with van der Waals surface area (Å²) in [6.07, 6.45) is 6.38. The SMILES string of the molecule is C=CCn1c(=S)sc2c(=O)n(CC(=O)c3ccc4c(c3)CCC4)cnc21. The van der Waals surface area contributed by atoms with Crippen LogP contribution in [-0.2, 0) is 25.9 Å². The van der Waals surface area contributed by atoms with Crippen molar-refractivity contribution in [1.29, 1.82) is 0 Å². The van der Waals surface area contributed by atoms with Crippen LogP contribution in [0.2, 0.25) is 0 Å². The van der Waals surface area contributed by atoms with Crippen molar-refractivity contribution in [2.45, 2.75) is 32.4 Å². The molecule has 0 atom stereocenters. The lowest BCUT2D eigenvalue weighted by atomic mass is 10.0. The number of hydrogen-bond acceptors (Lipinski definition) is 5. The molecular weight excluding hydrogens is 366 g/mol. The zero-order chi connectivity index (χ0) is 18.3. The molecule has 2 heterocycles. The Labute approximate surface area is 159 Å². The Bertz CT molecular complexity index is 1150. The van der Waals surface area contributed by atoms with Gasteiger partial charge < -0.3 is 4.57 Å². The van der Waals surface area contributed by atoms with E-state index in [9.17, 15) is 9.59 Å². The molecule has 1 aromatic carbocycles. The van der Waals surface area contributed by atoms with Gasteiger partial charge in [-0.3, -0.25) is 14.2 Å². The summed E-state index contributed by atoms with van der Waals surface area (Å²) in [5.41, 5.74) is 3.53. The highest BCUT2D eigenvalue weighted by Crippen LogP contribution is 2.23. The molecule has 3 aromatic rings. The monoisotopic (exact) mass is 383 g/mol. The summed E-state index contributed by atoms with van der Waals surface area (Å²) >= 11 is 6.53. The van der Waals surface area contributed by atoms with Crippen LogP contribution in [0, 0.1) is 3.95 Å². The van der Waals surface area contributed by atoms with E-state index in [1.165, 1.54) is 33.4 Å². The lowest BCUT2D eigenvalue weighted by Gasteiger charge is -2.07. The molecule has 1 aliphatic carbocycles. The van der Waals surface area contributed by atoms with Gasteiger partial charge >= 0.3 is 0 Å². The Morgan fingerprint density at radius 2 is 2.15 bits per heavy atom. The quantitative estimate of drug-likeness (QED) is 0.384. The Hall–Kier alpha value is -2.38. The number of hydrogen-bond donors (Lipinski definition) is 0. The van der Waals surface area contributed by atoms with Crippen LogP contribution in [0.15, 0.2) is 42.0 Å². The topological polar surface area (TPSA) is 56.9 Å². The third kappa shape index (κ3) is 2.87. The molecule has 5 nitrogen and oxygen atoms in total. The zero-order valence-electron chi connectivity index (χ0n) is 14.1. The Morgan fingerprint density at radius 3 is 2.96 bits per heavy atom. The minimum absolute atomic E-state index is 0.0212. The molecule has 0 unspecified atom stereocenters. The van der Waals surface area contributed by atoms with Crippen LogP contribution in [0.25, 0.3) is 10.3 Å². The summed E-state index contributed by atoms with van der Waals surface area (Å²) < 4.78 is 4.19. The number of carbonyl (C=O) groups excluding carboxylic acids is 1. The molecule has 2 aromatic heterocycles. The van der Waals surface area contributed by atoms with E-state index in [-0.39, 0.29) is 17.9 Å². The van der Waals surface area contributed by atoms with Gasteiger partial charge in [-0.15, -0.1) is 6.58 Å². The second-order valence-corrected chi connectivity index (χ2v) is 8.00. The Balaban J connectivity index is 1.68. The first kappa shape index (κ1) is 17.1. The third-order valence-electron chi connectivity index (χ3n) is 4.69. The van der Waals surface area contributed by atoms with Gasteiger partial charge in [0, 0.05) is 12.1 Å². The molecule has 132 valence electrons. The Kier molecular flexibility index (Phi) is 4.42. The van der Waals surface area contributed by atoms with Crippen molar-refractivity contribution >= 4 is 39.7 Å². The van der Waals surface area contributed by atoms with Crippen LogP contribution in [-0.4, -0.2) is 19.9 Å². The second-order valence-electron chi connectivity index (χ2n) is 6.36. The number of benzene rings is 1. The minimum atomic E-state index is -0.233. The summed E-state index contributed by atoms with van der Waals surface area (Å²) in [6, 6.07) is 5.85. The summed E-state index contributed by atoms with van der Waals surface area (Å²) in [5, 5.41) is 0. The van der Waals surface area contributed by atoms with Crippen LogP contribution in [0.1, 0.15) is 27.9 Å². The van der Waals surface area contributed by atoms with E-state index in [0.29, 0.717) is 26.4 Å². The molecule has 0 radical (unpaired) electrons. The molecule has 1 aliphatic rings. The molecule has 0 saturated carbocycles. The first-order chi connectivity index (χ1) is 12.6. The van der Waals surface area contributed by atoms with Gasteiger partial charge in [0.25, 0.3) is 5.56 Å². The fourth-order valence-electron chi connectivity index (χ4n) is 3.37. The van der Waals surface area contributed by atoms with Gasteiger partial charge in [-0.1, -0.05) is 29.5 Å². The second kappa shape index (κ2) is 6.74. The van der Waals surface area contributed by atoms with Crippen molar-refractivity contribution < 1.29 is 4.79 Å². The maximum absolute atomic E-state index is 12.7. The lowest BCUT2D eigenvalue weighted by molar-refractivity contribution is 0.0970. The predicted octanol–water partition coefficient (Wildman–Crippen LogP) is 3.55. The number of aryl methyl sites for hydroxylation is 2. The van der Waals surface area contributed by atoms with Crippen LogP contribution in [0.3, 0.4) is 0 Å². The molecule has 0 N–H and O–H groups in total. The van der Waals surface area contributed by atoms with Crippen LogP contribution in [0.4, 0.5) is 0 Å². The number of ketones is 1. The average Bonchev–Trinajstić information content (AvgIpc) is 3.22. The maximum atomic E-state index is 12.7. The van der Waals surface area contributed by atoms with E-state index < -0.39 is 0 Å². The van der Waals surface area contributed by atoms with Crippen LogP contribution < -0.4 is 5.56 Å². The molecule has 0 fully saturated rings. The normalized spacial score (nSPS) is 13.1. The van der Waals surface area contributed by atoms with E-state index in [1.54, 1.807) is 10.6 Å². The summed E-state index contributed by atoms with van der Waals surface area (Å²) in [6.45, 7) is 4.18. The van der Waals surface area contributed by atoms with Gasteiger partial charge in [-0.25, -0.2) is 4.98 Å². The zero-order valence-corrected chi connectivity index (χ0v) is 15.7. The van der Waals surface area contributed by atoms with E-state index in [1.807, 2.05) is 18.2 Å². The predicted molar refractivity (Wildman–Crippen MR) is 106 cm³/mol. The van der Waals surface area contributed by atoms with Gasteiger partial charge in [0.1, 0.15) is 11.0 Å². The van der Waals surface area contributed by atoms with Crippen molar-refractivity contribution in [2.75, 3.05) is 0 Å². The molecular formula is C19H17N3O2S2. The molecule has 0 amide bonds. The van der Waals surface area contributed by atoms with Crippen molar-refractivity contribution in [1.82, 2.24) is 14.1 Å². The van der Waals surface area contributed by atoms with E-state index in [2.05, 4.69) is 11.6 Å². The lowest BCUT2D eigenvalue weighted by Crippen LogP contribution is -2.24. The highest BCUT2D eigenvalue weighted by molar-refractivity contribution is 7.73. The fourth-order valence-corrected chi connectivity index (χ4v) is 4.68. The number of aromatic nitrogens is 3. The van der Waals surface area contributed by atoms with Crippen molar-refractivity contribution in [3.05, 3.63) is 68.2 Å². The van der Waals surface area contributed by atoms with Crippen molar-refractivity contribution in [2.24, 2.45) is 0 Å². The highest BCUT2D eigenvalue weighted by Gasteiger charge is 2.16. The summed E-state index contributed by atoms with van der Waals surface area (Å²) in [5.74, 6) is -0.0860. The first-order valence-electron chi connectivity index (χ1n) is 8.43. The smallest absolute Gasteiger partial charge is 0.273 e. The van der Waals surface area contributed by atoms with E-state index in [0.717, 1.165) is 19.3 Å². The molecule has 26 heavy (non-hydrogen) atoms. The number of nitrogens with zero attached hydrogens (tertiary/aromatic N) is 3. The minimum Gasteiger partial charge on any atom is -0.304 e. The number of fused-ring (bicyclic) bond motifs is 2. The molecule has 7 heteroatoms. The summed E-state index contributed by atoms with van der Waals surface area (Å²) in [4.78, 5) is 29.8. The molecule has 0 aliphatic heterocycles.